The molecule has 154 valence electrons. The summed E-state index contributed by atoms with van der Waals surface area (Å²) in [6.45, 7) is 4.29. The summed E-state index contributed by atoms with van der Waals surface area (Å²) in [6, 6.07) is 10.2. The van der Waals surface area contributed by atoms with E-state index >= 15 is 0 Å². The smallest absolute Gasteiger partial charge is 0.259 e. The molecule has 2 aliphatic heterocycles. The van der Waals surface area contributed by atoms with Crippen LogP contribution in [0.5, 0.6) is 0 Å². The fraction of sp³-hybridized carbons (Fsp3) is 0.409. The number of anilines is 1. The monoisotopic (exact) mass is 403 g/mol. The minimum Gasteiger partial charge on any atom is -0.369 e. The number of rotatable bonds is 3. The van der Waals surface area contributed by atoms with Crippen molar-refractivity contribution in [2.24, 2.45) is 0 Å². The molecular formula is C22H24F3N3O. The second-order valence-electron chi connectivity index (χ2n) is 7.64. The van der Waals surface area contributed by atoms with E-state index in [2.05, 4.69) is 9.80 Å². The molecule has 0 saturated carbocycles. The molecule has 2 aliphatic rings. The van der Waals surface area contributed by atoms with Crippen LogP contribution >= 0.6 is 0 Å². The lowest BCUT2D eigenvalue weighted by Gasteiger charge is -2.44. The molecule has 0 N–H and O–H groups in total. The fourth-order valence-electron chi connectivity index (χ4n) is 4.29. The van der Waals surface area contributed by atoms with E-state index in [1.165, 1.54) is 18.2 Å². The van der Waals surface area contributed by atoms with Crippen molar-refractivity contribution < 1.29 is 18.0 Å². The number of halogens is 3. The lowest BCUT2D eigenvalue weighted by molar-refractivity contribution is 0.0555. The molecule has 1 amide bonds. The summed E-state index contributed by atoms with van der Waals surface area (Å²) in [6.07, 6.45) is 1.77. The average Bonchev–Trinajstić information content (AvgIpc) is 2.74. The third-order valence-corrected chi connectivity index (χ3v) is 5.88. The number of amides is 1. The van der Waals surface area contributed by atoms with E-state index in [0.29, 0.717) is 13.1 Å². The molecule has 29 heavy (non-hydrogen) atoms. The van der Waals surface area contributed by atoms with Crippen LogP contribution in [0.25, 0.3) is 0 Å². The van der Waals surface area contributed by atoms with Crippen LogP contribution in [-0.4, -0.2) is 61.0 Å². The lowest BCUT2D eigenvalue weighted by Crippen LogP contribution is -2.56. The van der Waals surface area contributed by atoms with Crippen molar-refractivity contribution in [1.82, 2.24) is 9.80 Å². The van der Waals surface area contributed by atoms with Crippen molar-refractivity contribution in [2.75, 3.05) is 44.2 Å². The molecule has 0 bridgehead atoms. The SMILES string of the molecule is O=C(c1c(F)cccc1F)N1CCC[C@H](N2CCN(c3ccc(F)cc3)CC2)C1. The van der Waals surface area contributed by atoms with E-state index in [0.717, 1.165) is 56.8 Å². The summed E-state index contributed by atoms with van der Waals surface area (Å²) in [4.78, 5) is 18.9. The first kappa shape index (κ1) is 19.8. The Morgan fingerprint density at radius 3 is 2.17 bits per heavy atom. The van der Waals surface area contributed by atoms with Gasteiger partial charge in [-0.15, -0.1) is 0 Å². The van der Waals surface area contributed by atoms with E-state index in [-0.39, 0.29) is 11.9 Å². The molecule has 2 saturated heterocycles. The van der Waals surface area contributed by atoms with Crippen LogP contribution in [0.4, 0.5) is 18.9 Å². The minimum atomic E-state index is -0.815. The number of likely N-dealkylation sites (tertiary alicyclic amines) is 1. The molecule has 2 aromatic carbocycles. The highest BCUT2D eigenvalue weighted by Gasteiger charge is 2.32. The van der Waals surface area contributed by atoms with Crippen molar-refractivity contribution >= 4 is 11.6 Å². The van der Waals surface area contributed by atoms with Gasteiger partial charge >= 0.3 is 0 Å². The molecule has 2 aromatic rings. The van der Waals surface area contributed by atoms with Crippen LogP contribution in [0.2, 0.25) is 0 Å². The summed E-state index contributed by atoms with van der Waals surface area (Å²) in [5.41, 5.74) is 0.538. The summed E-state index contributed by atoms with van der Waals surface area (Å²) in [7, 11) is 0. The van der Waals surface area contributed by atoms with Gasteiger partial charge in [-0.1, -0.05) is 6.07 Å². The average molecular weight is 403 g/mol. The third kappa shape index (κ3) is 4.24. The number of carbonyl (C=O) groups is 1. The van der Waals surface area contributed by atoms with Crippen LogP contribution in [0.15, 0.2) is 42.5 Å². The second-order valence-corrected chi connectivity index (χ2v) is 7.64. The zero-order valence-electron chi connectivity index (χ0n) is 16.2. The van der Waals surface area contributed by atoms with E-state index in [1.807, 2.05) is 0 Å². The van der Waals surface area contributed by atoms with Crippen LogP contribution < -0.4 is 4.90 Å². The Hall–Kier alpha value is -2.54. The topological polar surface area (TPSA) is 26.8 Å². The number of hydrogen-bond donors (Lipinski definition) is 0. The highest BCUT2D eigenvalue weighted by molar-refractivity contribution is 5.94. The van der Waals surface area contributed by atoms with Crippen LogP contribution in [-0.2, 0) is 0 Å². The maximum Gasteiger partial charge on any atom is 0.259 e. The molecule has 4 rings (SSSR count). The Kier molecular flexibility index (Phi) is 5.76. The number of hydrogen-bond acceptors (Lipinski definition) is 3. The maximum atomic E-state index is 14.0. The molecule has 0 unspecified atom stereocenters. The molecule has 1 atom stereocenters. The fourth-order valence-corrected chi connectivity index (χ4v) is 4.29. The first-order valence-electron chi connectivity index (χ1n) is 10.0. The van der Waals surface area contributed by atoms with E-state index in [4.69, 9.17) is 0 Å². The van der Waals surface area contributed by atoms with Gasteiger partial charge in [0.05, 0.1) is 0 Å². The molecule has 0 aliphatic carbocycles. The van der Waals surface area contributed by atoms with Crippen molar-refractivity contribution in [2.45, 2.75) is 18.9 Å². The van der Waals surface area contributed by atoms with Gasteiger partial charge in [0.25, 0.3) is 5.91 Å². The number of piperidine rings is 1. The van der Waals surface area contributed by atoms with Crippen molar-refractivity contribution in [3.8, 4) is 0 Å². The molecule has 0 radical (unpaired) electrons. The Morgan fingerprint density at radius 2 is 1.52 bits per heavy atom. The van der Waals surface area contributed by atoms with E-state index in [1.54, 1.807) is 17.0 Å². The Labute approximate surface area is 168 Å². The molecule has 2 fully saturated rings. The summed E-state index contributed by atoms with van der Waals surface area (Å²) >= 11 is 0. The molecule has 4 nitrogen and oxygen atoms in total. The predicted molar refractivity (Wildman–Crippen MR) is 105 cm³/mol. The zero-order valence-corrected chi connectivity index (χ0v) is 16.2. The molecule has 0 aromatic heterocycles. The molecule has 0 spiro atoms. The van der Waals surface area contributed by atoms with Crippen molar-refractivity contribution in [3.05, 3.63) is 65.5 Å². The van der Waals surface area contributed by atoms with Gasteiger partial charge in [-0.3, -0.25) is 9.69 Å². The van der Waals surface area contributed by atoms with Gasteiger partial charge in [0.2, 0.25) is 0 Å². The Balaban J connectivity index is 1.38. The lowest BCUT2D eigenvalue weighted by atomic mass is 10.0. The Bertz CT molecular complexity index is 846. The number of carbonyl (C=O) groups excluding carboxylic acids is 1. The number of piperazine rings is 1. The van der Waals surface area contributed by atoms with Gasteiger partial charge < -0.3 is 9.80 Å². The third-order valence-electron chi connectivity index (χ3n) is 5.88. The second kappa shape index (κ2) is 8.45. The van der Waals surface area contributed by atoms with Gasteiger partial charge in [-0.05, 0) is 49.2 Å². The quantitative estimate of drug-likeness (QED) is 0.785. The van der Waals surface area contributed by atoms with Crippen LogP contribution in [0.1, 0.15) is 23.2 Å². The standard InChI is InChI=1S/C22H24F3N3O/c23-16-6-8-17(9-7-16)26-11-13-27(14-12-26)18-3-2-10-28(15-18)22(29)21-19(24)4-1-5-20(21)25/h1,4-9,18H,2-3,10-15H2/t18-/m0/s1. The maximum absolute atomic E-state index is 14.0. The number of nitrogens with zero attached hydrogens (tertiary/aromatic N) is 3. The van der Waals surface area contributed by atoms with E-state index < -0.39 is 23.1 Å². The first-order chi connectivity index (χ1) is 14.0. The highest BCUT2D eigenvalue weighted by atomic mass is 19.1. The molecular weight excluding hydrogens is 379 g/mol. The highest BCUT2D eigenvalue weighted by Crippen LogP contribution is 2.23. The van der Waals surface area contributed by atoms with Gasteiger partial charge in [-0.2, -0.15) is 0 Å². The van der Waals surface area contributed by atoms with Crippen LogP contribution in [0, 0.1) is 17.5 Å². The summed E-state index contributed by atoms with van der Waals surface area (Å²) in [5, 5.41) is 0. The van der Waals surface area contributed by atoms with Crippen LogP contribution in [0.3, 0.4) is 0 Å². The van der Waals surface area contributed by atoms with Gasteiger partial charge in [0.15, 0.2) is 0 Å². The van der Waals surface area contributed by atoms with Crippen molar-refractivity contribution in [3.63, 3.8) is 0 Å². The summed E-state index contributed by atoms with van der Waals surface area (Å²) < 4.78 is 41.1. The molecule has 2 heterocycles. The molecule has 7 heteroatoms. The van der Waals surface area contributed by atoms with Gasteiger partial charge in [0, 0.05) is 51.0 Å². The Morgan fingerprint density at radius 1 is 0.862 bits per heavy atom. The largest absolute Gasteiger partial charge is 0.369 e. The minimum absolute atomic E-state index is 0.179. The van der Waals surface area contributed by atoms with Gasteiger partial charge in [0.1, 0.15) is 23.0 Å². The van der Waals surface area contributed by atoms with Crippen molar-refractivity contribution in [1.29, 1.82) is 0 Å². The zero-order chi connectivity index (χ0) is 20.4. The predicted octanol–water partition coefficient (Wildman–Crippen LogP) is 3.53. The number of benzene rings is 2. The van der Waals surface area contributed by atoms with Gasteiger partial charge in [-0.25, -0.2) is 13.2 Å². The normalized spacial score (nSPS) is 20.7. The summed E-state index contributed by atoms with van der Waals surface area (Å²) in [5.74, 6) is -2.45. The first-order valence-corrected chi connectivity index (χ1v) is 10.0. The van der Waals surface area contributed by atoms with E-state index in [9.17, 15) is 18.0 Å².